The van der Waals surface area contributed by atoms with Crippen LogP contribution in [0.5, 0.6) is 0 Å². The second kappa shape index (κ2) is 9.01. The second-order valence-corrected chi connectivity index (χ2v) is 7.58. The SMILES string of the molecule is CC(C)CNCc1ccc(SC(C)CCO)cc1Br. The maximum Gasteiger partial charge on any atom is 0.0441 e. The molecule has 2 nitrogen and oxygen atoms in total. The molecule has 0 radical (unpaired) electrons. The molecule has 0 heterocycles. The van der Waals surface area contributed by atoms with E-state index in [1.165, 1.54) is 10.5 Å². The molecule has 0 bridgehead atoms. The molecule has 0 saturated carbocycles. The first-order chi connectivity index (χ1) is 9.02. The highest BCUT2D eigenvalue weighted by Gasteiger charge is 2.06. The monoisotopic (exact) mass is 345 g/mol. The van der Waals surface area contributed by atoms with Crippen molar-refractivity contribution in [2.45, 2.75) is 43.9 Å². The van der Waals surface area contributed by atoms with Crippen LogP contribution >= 0.6 is 27.7 Å². The molecule has 1 aromatic carbocycles. The summed E-state index contributed by atoms with van der Waals surface area (Å²) in [6.07, 6.45) is 0.833. The molecule has 108 valence electrons. The van der Waals surface area contributed by atoms with Crippen LogP contribution in [-0.4, -0.2) is 23.5 Å². The molecule has 0 spiro atoms. The van der Waals surface area contributed by atoms with Crippen LogP contribution in [0, 0.1) is 5.92 Å². The van der Waals surface area contributed by atoms with Crippen LogP contribution in [-0.2, 0) is 6.54 Å². The Balaban J connectivity index is 2.54. The van der Waals surface area contributed by atoms with E-state index in [1.54, 1.807) is 0 Å². The molecular formula is C15H24BrNOS. The van der Waals surface area contributed by atoms with Gasteiger partial charge in [0.25, 0.3) is 0 Å². The summed E-state index contributed by atoms with van der Waals surface area (Å²) in [7, 11) is 0. The van der Waals surface area contributed by atoms with Crippen LogP contribution in [0.25, 0.3) is 0 Å². The molecule has 0 fully saturated rings. The minimum Gasteiger partial charge on any atom is -0.396 e. The fourth-order valence-corrected chi connectivity index (χ4v) is 3.40. The lowest BCUT2D eigenvalue weighted by Gasteiger charge is -2.12. The van der Waals surface area contributed by atoms with Crippen molar-refractivity contribution < 1.29 is 5.11 Å². The number of rotatable bonds is 8. The lowest BCUT2D eigenvalue weighted by Crippen LogP contribution is -2.19. The van der Waals surface area contributed by atoms with Crippen molar-refractivity contribution in [2.75, 3.05) is 13.2 Å². The van der Waals surface area contributed by atoms with Crippen molar-refractivity contribution in [1.29, 1.82) is 0 Å². The van der Waals surface area contributed by atoms with Gasteiger partial charge in [-0.2, -0.15) is 0 Å². The third-order valence-corrected chi connectivity index (χ3v) is 4.67. The summed E-state index contributed by atoms with van der Waals surface area (Å²) < 4.78 is 1.16. The van der Waals surface area contributed by atoms with E-state index >= 15 is 0 Å². The molecule has 0 aliphatic rings. The quantitative estimate of drug-likeness (QED) is 0.697. The number of benzene rings is 1. The van der Waals surface area contributed by atoms with Gasteiger partial charge in [0.2, 0.25) is 0 Å². The first-order valence-corrected chi connectivity index (χ1v) is 8.46. The molecule has 1 rings (SSSR count). The van der Waals surface area contributed by atoms with Gasteiger partial charge in [0.05, 0.1) is 0 Å². The van der Waals surface area contributed by atoms with Crippen LogP contribution in [0.1, 0.15) is 32.8 Å². The van der Waals surface area contributed by atoms with Gasteiger partial charge < -0.3 is 10.4 Å². The highest BCUT2D eigenvalue weighted by atomic mass is 79.9. The highest BCUT2D eigenvalue weighted by molar-refractivity contribution is 9.10. The van der Waals surface area contributed by atoms with Gasteiger partial charge in [0, 0.05) is 27.8 Å². The van der Waals surface area contributed by atoms with Gasteiger partial charge >= 0.3 is 0 Å². The Kier molecular flexibility index (Phi) is 8.07. The van der Waals surface area contributed by atoms with E-state index in [9.17, 15) is 0 Å². The lowest BCUT2D eigenvalue weighted by atomic mass is 10.2. The molecule has 0 aliphatic heterocycles. The Labute approximate surface area is 129 Å². The molecular weight excluding hydrogens is 322 g/mol. The summed E-state index contributed by atoms with van der Waals surface area (Å²) in [6, 6.07) is 6.51. The average Bonchev–Trinajstić information content (AvgIpc) is 2.31. The number of hydrogen-bond acceptors (Lipinski definition) is 3. The Morgan fingerprint density at radius 1 is 1.32 bits per heavy atom. The fraction of sp³-hybridized carbons (Fsp3) is 0.600. The van der Waals surface area contributed by atoms with E-state index in [2.05, 4.69) is 60.2 Å². The number of nitrogens with one attached hydrogen (secondary N) is 1. The maximum atomic E-state index is 8.92. The predicted molar refractivity (Wildman–Crippen MR) is 87.7 cm³/mol. The Bertz CT molecular complexity index is 384. The van der Waals surface area contributed by atoms with Gasteiger partial charge in [-0.1, -0.05) is 42.8 Å². The number of hydrogen-bond donors (Lipinski definition) is 2. The van der Waals surface area contributed by atoms with E-state index < -0.39 is 0 Å². The number of thioether (sulfide) groups is 1. The van der Waals surface area contributed by atoms with Crippen molar-refractivity contribution in [3.63, 3.8) is 0 Å². The molecule has 1 aromatic rings. The molecule has 0 aromatic heterocycles. The zero-order valence-electron chi connectivity index (χ0n) is 11.9. The van der Waals surface area contributed by atoms with Gasteiger partial charge in [-0.15, -0.1) is 11.8 Å². The third-order valence-electron chi connectivity index (χ3n) is 2.77. The van der Waals surface area contributed by atoms with Crippen LogP contribution < -0.4 is 5.32 Å². The molecule has 1 unspecified atom stereocenters. The number of aliphatic hydroxyl groups is 1. The summed E-state index contributed by atoms with van der Waals surface area (Å²) in [6.45, 7) is 8.76. The van der Waals surface area contributed by atoms with Crippen molar-refractivity contribution in [3.8, 4) is 0 Å². The zero-order valence-corrected chi connectivity index (χ0v) is 14.4. The fourth-order valence-electron chi connectivity index (χ4n) is 1.71. The summed E-state index contributed by atoms with van der Waals surface area (Å²) in [5, 5.41) is 12.8. The summed E-state index contributed by atoms with van der Waals surface area (Å²) in [5.74, 6) is 0.674. The predicted octanol–water partition coefficient (Wildman–Crippen LogP) is 4.06. The third kappa shape index (κ3) is 6.80. The Morgan fingerprint density at radius 2 is 2.05 bits per heavy atom. The van der Waals surface area contributed by atoms with Crippen LogP contribution in [0.3, 0.4) is 0 Å². The maximum absolute atomic E-state index is 8.92. The lowest BCUT2D eigenvalue weighted by molar-refractivity contribution is 0.289. The second-order valence-electron chi connectivity index (χ2n) is 5.22. The number of halogens is 1. The smallest absolute Gasteiger partial charge is 0.0441 e. The van der Waals surface area contributed by atoms with Crippen molar-refractivity contribution in [3.05, 3.63) is 28.2 Å². The van der Waals surface area contributed by atoms with E-state index in [4.69, 9.17) is 5.11 Å². The minimum atomic E-state index is 0.256. The minimum absolute atomic E-state index is 0.256. The first-order valence-electron chi connectivity index (χ1n) is 6.79. The normalized spacial score (nSPS) is 12.9. The molecule has 4 heteroatoms. The van der Waals surface area contributed by atoms with Crippen molar-refractivity contribution >= 4 is 27.7 Å². The highest BCUT2D eigenvalue weighted by Crippen LogP contribution is 2.29. The van der Waals surface area contributed by atoms with Gasteiger partial charge in [-0.25, -0.2) is 0 Å². The van der Waals surface area contributed by atoms with E-state index in [0.717, 1.165) is 24.0 Å². The van der Waals surface area contributed by atoms with Gasteiger partial charge in [0.1, 0.15) is 0 Å². The summed E-state index contributed by atoms with van der Waals surface area (Å²) >= 11 is 5.45. The molecule has 0 aliphatic carbocycles. The Morgan fingerprint density at radius 3 is 2.63 bits per heavy atom. The van der Waals surface area contributed by atoms with E-state index in [-0.39, 0.29) is 6.61 Å². The average molecular weight is 346 g/mol. The summed E-state index contributed by atoms with van der Waals surface area (Å²) in [5.41, 5.74) is 1.29. The van der Waals surface area contributed by atoms with Crippen LogP contribution in [0.15, 0.2) is 27.6 Å². The van der Waals surface area contributed by atoms with E-state index in [0.29, 0.717) is 11.2 Å². The zero-order chi connectivity index (χ0) is 14.3. The van der Waals surface area contributed by atoms with Crippen LogP contribution in [0.2, 0.25) is 0 Å². The Hall–Kier alpha value is -0.0300. The van der Waals surface area contributed by atoms with E-state index in [1.807, 2.05) is 11.8 Å². The largest absolute Gasteiger partial charge is 0.396 e. The molecule has 0 saturated heterocycles. The van der Waals surface area contributed by atoms with Crippen molar-refractivity contribution in [1.82, 2.24) is 5.32 Å². The van der Waals surface area contributed by atoms with Gasteiger partial charge in [0.15, 0.2) is 0 Å². The standard InChI is InChI=1S/C15H24BrNOS/c1-11(2)9-17-10-13-4-5-14(8-15(13)16)19-12(3)6-7-18/h4-5,8,11-12,17-18H,6-7,9-10H2,1-3H3. The van der Waals surface area contributed by atoms with Crippen molar-refractivity contribution in [2.24, 2.45) is 5.92 Å². The van der Waals surface area contributed by atoms with Gasteiger partial charge in [-0.3, -0.25) is 0 Å². The first kappa shape index (κ1) is 17.0. The molecule has 1 atom stereocenters. The van der Waals surface area contributed by atoms with Gasteiger partial charge in [-0.05, 0) is 36.6 Å². The molecule has 2 N–H and O–H groups in total. The molecule has 0 amide bonds. The number of aliphatic hydroxyl groups excluding tert-OH is 1. The van der Waals surface area contributed by atoms with Crippen LogP contribution in [0.4, 0.5) is 0 Å². The topological polar surface area (TPSA) is 32.3 Å². The molecule has 19 heavy (non-hydrogen) atoms. The summed E-state index contributed by atoms with van der Waals surface area (Å²) in [4.78, 5) is 1.25.